The fourth-order valence-corrected chi connectivity index (χ4v) is 5.15. The summed E-state index contributed by atoms with van der Waals surface area (Å²) >= 11 is 0. The molecule has 0 bridgehead atoms. The third-order valence-electron chi connectivity index (χ3n) is 7.14. The molecule has 2 aliphatic rings. The number of nitrogens with one attached hydrogen (secondary N) is 1. The second kappa shape index (κ2) is 9.21. The molecule has 1 saturated carbocycles. The molecule has 2 amide bonds. The summed E-state index contributed by atoms with van der Waals surface area (Å²) in [7, 11) is 0. The Hall–Kier alpha value is -3.88. The monoisotopic (exact) mass is 504 g/mol. The van der Waals surface area contributed by atoms with Gasteiger partial charge in [-0.25, -0.2) is 9.78 Å². The summed E-state index contributed by atoms with van der Waals surface area (Å²) in [6.45, 7) is 8.28. The summed E-state index contributed by atoms with van der Waals surface area (Å²) in [5, 5.41) is 13.0. The van der Waals surface area contributed by atoms with Crippen LogP contribution in [0.3, 0.4) is 0 Å². The molecule has 37 heavy (non-hydrogen) atoms. The van der Waals surface area contributed by atoms with Crippen LogP contribution in [-0.4, -0.2) is 56.3 Å². The highest BCUT2D eigenvalue weighted by Gasteiger charge is 2.45. The van der Waals surface area contributed by atoms with Gasteiger partial charge in [0.1, 0.15) is 18.2 Å². The van der Waals surface area contributed by atoms with Gasteiger partial charge in [-0.05, 0) is 61.1 Å². The van der Waals surface area contributed by atoms with Crippen LogP contribution in [0, 0.1) is 12.3 Å². The van der Waals surface area contributed by atoms with E-state index in [4.69, 9.17) is 4.74 Å². The van der Waals surface area contributed by atoms with Gasteiger partial charge in [0.15, 0.2) is 0 Å². The van der Waals surface area contributed by atoms with Crippen molar-refractivity contribution in [3.8, 4) is 11.4 Å². The molecule has 2 atom stereocenters. The van der Waals surface area contributed by atoms with Crippen LogP contribution in [0.15, 0.2) is 47.5 Å². The standard InChI is InChI=1S/C28H32N4O5/c1-16-5-6-17(25(33)30-18-7-8-18)13-22(16)32-15-29-21-10-9-19(14-20(21)26(32)34)37-23-11-12-31(27(35)36)24(23)28(2,3)4/h5-6,9-10,13-15,18,23-24H,7-8,11-12H2,1-4H3,(H,30,33)(H,35,36). The molecule has 2 N–H and O–H groups in total. The lowest BCUT2D eigenvalue weighted by atomic mass is 9.84. The van der Waals surface area contributed by atoms with E-state index in [-0.39, 0.29) is 35.1 Å². The highest BCUT2D eigenvalue weighted by Crippen LogP contribution is 2.35. The molecule has 0 radical (unpaired) electrons. The number of fused-ring (bicyclic) bond motifs is 1. The number of carbonyl (C=O) groups is 2. The zero-order valence-corrected chi connectivity index (χ0v) is 21.5. The molecule has 5 rings (SSSR count). The first-order valence-electron chi connectivity index (χ1n) is 12.6. The summed E-state index contributed by atoms with van der Waals surface area (Å²) in [6, 6.07) is 10.4. The van der Waals surface area contributed by atoms with Crippen molar-refractivity contribution in [1.82, 2.24) is 19.8 Å². The van der Waals surface area contributed by atoms with Gasteiger partial charge < -0.3 is 20.1 Å². The van der Waals surface area contributed by atoms with E-state index in [0.29, 0.717) is 40.9 Å². The van der Waals surface area contributed by atoms with Crippen molar-refractivity contribution in [3.05, 3.63) is 64.2 Å². The zero-order valence-electron chi connectivity index (χ0n) is 21.5. The molecule has 194 valence electrons. The lowest BCUT2D eigenvalue weighted by Crippen LogP contribution is -2.48. The van der Waals surface area contributed by atoms with Gasteiger partial charge in [-0.3, -0.25) is 14.2 Å². The molecule has 2 aromatic carbocycles. The number of carbonyl (C=O) groups excluding carboxylic acids is 1. The number of aromatic nitrogens is 2. The van der Waals surface area contributed by atoms with Gasteiger partial charge in [0.25, 0.3) is 11.5 Å². The molecule has 2 fully saturated rings. The summed E-state index contributed by atoms with van der Waals surface area (Å²) in [6.07, 6.45) is 2.74. The SMILES string of the molecule is Cc1ccc(C(=O)NC2CC2)cc1-n1cnc2ccc(OC3CCN(C(=O)O)C3C(C)(C)C)cc2c1=O. The van der Waals surface area contributed by atoms with Crippen LogP contribution in [0.25, 0.3) is 16.6 Å². The van der Waals surface area contributed by atoms with E-state index >= 15 is 0 Å². The topological polar surface area (TPSA) is 114 Å². The Bertz CT molecular complexity index is 1440. The van der Waals surface area contributed by atoms with Crippen LogP contribution in [0.1, 0.15) is 56.0 Å². The van der Waals surface area contributed by atoms with Crippen molar-refractivity contribution in [1.29, 1.82) is 0 Å². The number of benzene rings is 2. The third-order valence-corrected chi connectivity index (χ3v) is 7.14. The number of carboxylic acid groups (broad SMARTS) is 1. The van der Waals surface area contributed by atoms with Gasteiger partial charge in [0, 0.05) is 24.6 Å². The van der Waals surface area contributed by atoms with Crippen molar-refractivity contribution in [2.75, 3.05) is 6.54 Å². The maximum absolute atomic E-state index is 13.6. The number of rotatable bonds is 5. The summed E-state index contributed by atoms with van der Waals surface area (Å²) in [5.74, 6) is 0.339. The van der Waals surface area contributed by atoms with Gasteiger partial charge in [0.2, 0.25) is 0 Å². The van der Waals surface area contributed by atoms with Crippen LogP contribution in [0.5, 0.6) is 5.75 Å². The van der Waals surface area contributed by atoms with Crippen molar-refractivity contribution in [2.45, 2.75) is 65.1 Å². The number of nitrogens with zero attached hydrogens (tertiary/aromatic N) is 3. The highest BCUT2D eigenvalue weighted by molar-refractivity contribution is 5.95. The summed E-state index contributed by atoms with van der Waals surface area (Å²) < 4.78 is 7.74. The van der Waals surface area contributed by atoms with E-state index in [0.717, 1.165) is 18.4 Å². The van der Waals surface area contributed by atoms with Gasteiger partial charge in [0.05, 0.1) is 22.6 Å². The predicted molar refractivity (Wildman–Crippen MR) is 140 cm³/mol. The predicted octanol–water partition coefficient (Wildman–Crippen LogP) is 4.13. The lowest BCUT2D eigenvalue weighted by molar-refractivity contribution is 0.0572. The molecular formula is C28H32N4O5. The maximum Gasteiger partial charge on any atom is 0.407 e. The van der Waals surface area contributed by atoms with Gasteiger partial charge in [-0.15, -0.1) is 0 Å². The van der Waals surface area contributed by atoms with E-state index in [1.807, 2.05) is 33.8 Å². The largest absolute Gasteiger partial charge is 0.488 e. The van der Waals surface area contributed by atoms with Gasteiger partial charge in [-0.2, -0.15) is 0 Å². The fourth-order valence-electron chi connectivity index (χ4n) is 5.15. The van der Waals surface area contributed by atoms with E-state index in [9.17, 15) is 19.5 Å². The van der Waals surface area contributed by atoms with Crippen LogP contribution < -0.4 is 15.6 Å². The van der Waals surface area contributed by atoms with Crippen molar-refractivity contribution in [2.24, 2.45) is 5.41 Å². The molecule has 0 spiro atoms. The zero-order chi connectivity index (χ0) is 26.5. The average molecular weight is 505 g/mol. The quantitative estimate of drug-likeness (QED) is 0.540. The Morgan fingerprint density at radius 3 is 2.54 bits per heavy atom. The van der Waals surface area contributed by atoms with Crippen molar-refractivity contribution >= 4 is 22.9 Å². The van der Waals surface area contributed by atoms with Gasteiger partial charge >= 0.3 is 6.09 Å². The van der Waals surface area contributed by atoms with Crippen LogP contribution in [0.4, 0.5) is 4.79 Å². The molecule has 2 heterocycles. The van der Waals surface area contributed by atoms with Crippen molar-refractivity contribution < 1.29 is 19.4 Å². The summed E-state index contributed by atoms with van der Waals surface area (Å²) in [5.41, 5.74) is 1.86. The molecule has 1 aromatic heterocycles. The average Bonchev–Trinajstić information content (AvgIpc) is 3.54. The molecule has 3 aromatic rings. The number of ether oxygens (including phenoxy) is 1. The molecule has 1 saturated heterocycles. The number of aryl methyl sites for hydroxylation is 1. The minimum atomic E-state index is -0.958. The Balaban J connectivity index is 1.48. The second-order valence-corrected chi connectivity index (χ2v) is 11.1. The molecule has 1 aliphatic heterocycles. The normalized spacial score (nSPS) is 19.7. The Labute approximate surface area is 215 Å². The molecule has 9 nitrogen and oxygen atoms in total. The fraction of sp³-hybridized carbons (Fsp3) is 0.429. The number of likely N-dealkylation sites (tertiary alicyclic amines) is 1. The first-order chi connectivity index (χ1) is 17.5. The minimum Gasteiger partial charge on any atom is -0.488 e. The van der Waals surface area contributed by atoms with Crippen molar-refractivity contribution in [3.63, 3.8) is 0 Å². The van der Waals surface area contributed by atoms with Crippen LogP contribution >= 0.6 is 0 Å². The van der Waals surface area contributed by atoms with E-state index < -0.39 is 6.09 Å². The Morgan fingerprint density at radius 2 is 1.86 bits per heavy atom. The van der Waals surface area contributed by atoms with Gasteiger partial charge in [-0.1, -0.05) is 26.8 Å². The first kappa shape index (κ1) is 24.8. The lowest BCUT2D eigenvalue weighted by Gasteiger charge is -2.36. The third kappa shape index (κ3) is 4.90. The van der Waals surface area contributed by atoms with Crippen LogP contribution in [-0.2, 0) is 0 Å². The number of hydrogen-bond donors (Lipinski definition) is 2. The first-order valence-corrected chi connectivity index (χ1v) is 12.6. The van der Waals surface area contributed by atoms with E-state index in [1.54, 1.807) is 30.3 Å². The van der Waals surface area contributed by atoms with Crippen LogP contribution in [0.2, 0.25) is 0 Å². The summed E-state index contributed by atoms with van der Waals surface area (Å²) in [4.78, 5) is 43.9. The number of hydrogen-bond acceptors (Lipinski definition) is 5. The molecule has 1 aliphatic carbocycles. The van der Waals surface area contributed by atoms with E-state index in [1.165, 1.54) is 15.8 Å². The minimum absolute atomic E-state index is 0.151. The highest BCUT2D eigenvalue weighted by atomic mass is 16.5. The molecule has 2 unspecified atom stereocenters. The molecular weight excluding hydrogens is 472 g/mol. The number of amides is 2. The smallest absolute Gasteiger partial charge is 0.407 e. The Kier molecular flexibility index (Phi) is 6.17. The van der Waals surface area contributed by atoms with E-state index in [2.05, 4.69) is 10.3 Å². The second-order valence-electron chi connectivity index (χ2n) is 11.1. The molecule has 9 heteroatoms. The maximum atomic E-state index is 13.6. The Morgan fingerprint density at radius 1 is 1.11 bits per heavy atom.